The summed E-state index contributed by atoms with van der Waals surface area (Å²) in [5, 5.41) is 8.57. The highest BCUT2D eigenvalue weighted by Crippen LogP contribution is 2.30. The number of hydrogen-bond acceptors (Lipinski definition) is 6. The fourth-order valence-corrected chi connectivity index (χ4v) is 3.58. The van der Waals surface area contributed by atoms with Crippen molar-refractivity contribution in [2.24, 2.45) is 10.9 Å². The predicted molar refractivity (Wildman–Crippen MR) is 115 cm³/mol. The molecule has 0 saturated heterocycles. The van der Waals surface area contributed by atoms with Gasteiger partial charge in [0.25, 0.3) is 0 Å². The minimum atomic E-state index is -3.79. The van der Waals surface area contributed by atoms with Gasteiger partial charge in [-0.05, 0) is 54.1 Å². The molecule has 1 heterocycles. The normalized spacial score (nSPS) is 11.4. The van der Waals surface area contributed by atoms with Crippen molar-refractivity contribution in [3.63, 3.8) is 0 Å². The fourth-order valence-electron chi connectivity index (χ4n) is 3.06. The molecule has 0 atom stereocenters. The average molecular weight is 437 g/mol. The highest BCUT2D eigenvalue weighted by Gasteiger charge is 2.12. The predicted octanol–water partition coefficient (Wildman–Crippen LogP) is 2.93. The summed E-state index contributed by atoms with van der Waals surface area (Å²) in [6.07, 6.45) is 1.48. The van der Waals surface area contributed by atoms with E-state index >= 15 is 0 Å². The number of carbonyl (C=O) groups excluding carboxylic acids is 1. The standard InChI is InChI=1S/C21H16FN5O3S/c22-15-9-14-11-25-21(26-16-5-7-17(8-6-16)31(24,29)30)27-19(14)18(10-15)12-1-3-13(4-2-12)20(23)28/h1-11H,(H2,23,28)(H2,24,29,30)(H,25,26,27). The molecule has 0 aliphatic carbocycles. The molecule has 156 valence electrons. The zero-order valence-electron chi connectivity index (χ0n) is 15.9. The van der Waals surface area contributed by atoms with Gasteiger partial charge in [-0.2, -0.15) is 0 Å². The van der Waals surface area contributed by atoms with Crippen LogP contribution in [-0.4, -0.2) is 24.3 Å². The number of nitrogens with one attached hydrogen (secondary N) is 1. The van der Waals surface area contributed by atoms with E-state index in [1.54, 1.807) is 24.3 Å². The third kappa shape index (κ3) is 4.34. The highest BCUT2D eigenvalue weighted by molar-refractivity contribution is 7.89. The Hall–Kier alpha value is -3.89. The van der Waals surface area contributed by atoms with Gasteiger partial charge in [0, 0.05) is 28.4 Å². The summed E-state index contributed by atoms with van der Waals surface area (Å²) in [6, 6.07) is 14.9. The quantitative estimate of drug-likeness (QED) is 0.438. The molecule has 0 aliphatic heterocycles. The summed E-state index contributed by atoms with van der Waals surface area (Å²) in [6.45, 7) is 0. The van der Waals surface area contributed by atoms with Crippen LogP contribution in [0.2, 0.25) is 0 Å². The van der Waals surface area contributed by atoms with Crippen molar-refractivity contribution in [1.82, 2.24) is 9.97 Å². The molecule has 5 N–H and O–H groups in total. The molecule has 0 spiro atoms. The maximum Gasteiger partial charge on any atom is 0.248 e. The largest absolute Gasteiger partial charge is 0.366 e. The molecule has 1 aromatic heterocycles. The van der Waals surface area contributed by atoms with Crippen LogP contribution < -0.4 is 16.2 Å². The van der Waals surface area contributed by atoms with Gasteiger partial charge >= 0.3 is 0 Å². The van der Waals surface area contributed by atoms with Crippen LogP contribution in [0, 0.1) is 5.82 Å². The summed E-state index contributed by atoms with van der Waals surface area (Å²) in [4.78, 5) is 20.0. The number of primary amides is 1. The molecule has 4 rings (SSSR count). The van der Waals surface area contributed by atoms with E-state index in [9.17, 15) is 17.6 Å². The van der Waals surface area contributed by atoms with E-state index in [0.717, 1.165) is 0 Å². The van der Waals surface area contributed by atoms with Crippen LogP contribution in [0.15, 0.2) is 71.8 Å². The van der Waals surface area contributed by atoms with Crippen LogP contribution in [0.4, 0.5) is 16.0 Å². The number of benzene rings is 3. The maximum atomic E-state index is 14.2. The lowest BCUT2D eigenvalue weighted by Crippen LogP contribution is -2.11. The molecule has 0 fully saturated rings. The van der Waals surface area contributed by atoms with Crippen LogP contribution >= 0.6 is 0 Å². The number of amides is 1. The number of carbonyl (C=O) groups is 1. The van der Waals surface area contributed by atoms with Gasteiger partial charge in [-0.3, -0.25) is 4.79 Å². The fraction of sp³-hybridized carbons (Fsp3) is 0. The first-order valence-corrected chi connectivity index (χ1v) is 10.5. The lowest BCUT2D eigenvalue weighted by molar-refractivity contribution is 0.100. The highest BCUT2D eigenvalue weighted by atomic mass is 32.2. The van der Waals surface area contributed by atoms with E-state index in [1.807, 2.05) is 0 Å². The Labute approximate surface area is 176 Å². The number of fused-ring (bicyclic) bond motifs is 1. The van der Waals surface area contributed by atoms with Gasteiger partial charge in [0.2, 0.25) is 21.9 Å². The minimum absolute atomic E-state index is 0.0188. The second kappa shape index (κ2) is 7.74. The van der Waals surface area contributed by atoms with Crippen LogP contribution in [0.25, 0.3) is 22.0 Å². The Morgan fingerprint density at radius 3 is 2.29 bits per heavy atom. The van der Waals surface area contributed by atoms with Gasteiger partial charge in [-0.25, -0.2) is 27.9 Å². The van der Waals surface area contributed by atoms with Crippen molar-refractivity contribution in [3.8, 4) is 11.1 Å². The van der Waals surface area contributed by atoms with Crippen LogP contribution in [0.3, 0.4) is 0 Å². The Bertz CT molecular complexity index is 1410. The number of nitrogens with zero attached hydrogens (tertiary/aromatic N) is 2. The van der Waals surface area contributed by atoms with E-state index in [4.69, 9.17) is 10.9 Å². The third-order valence-corrected chi connectivity index (χ3v) is 5.50. The first kappa shape index (κ1) is 20.4. The van der Waals surface area contributed by atoms with E-state index in [1.165, 1.54) is 42.6 Å². The van der Waals surface area contributed by atoms with E-state index in [-0.39, 0.29) is 10.8 Å². The number of aromatic nitrogens is 2. The molecule has 31 heavy (non-hydrogen) atoms. The summed E-state index contributed by atoms with van der Waals surface area (Å²) in [5.41, 5.74) is 7.81. The van der Waals surface area contributed by atoms with Gasteiger partial charge in [0.1, 0.15) is 5.82 Å². The van der Waals surface area contributed by atoms with E-state index in [0.29, 0.717) is 33.3 Å². The number of halogens is 1. The first-order valence-electron chi connectivity index (χ1n) is 8.97. The van der Waals surface area contributed by atoms with Crippen molar-refractivity contribution in [2.75, 3.05) is 5.32 Å². The molecule has 8 nitrogen and oxygen atoms in total. The lowest BCUT2D eigenvalue weighted by atomic mass is 10.0. The molecular weight excluding hydrogens is 421 g/mol. The zero-order valence-corrected chi connectivity index (χ0v) is 16.7. The molecule has 0 aliphatic rings. The number of rotatable bonds is 5. The summed E-state index contributed by atoms with van der Waals surface area (Å²) < 4.78 is 36.9. The number of sulfonamides is 1. The average Bonchev–Trinajstić information content (AvgIpc) is 2.73. The summed E-state index contributed by atoms with van der Waals surface area (Å²) >= 11 is 0. The zero-order chi connectivity index (χ0) is 22.2. The Balaban J connectivity index is 1.73. The molecule has 0 radical (unpaired) electrons. The summed E-state index contributed by atoms with van der Waals surface area (Å²) in [7, 11) is -3.79. The Morgan fingerprint density at radius 2 is 1.68 bits per heavy atom. The molecule has 0 unspecified atom stereocenters. The van der Waals surface area contributed by atoms with E-state index < -0.39 is 21.7 Å². The molecule has 0 saturated carbocycles. The molecule has 0 bridgehead atoms. The molecule has 3 aromatic carbocycles. The Morgan fingerprint density at radius 1 is 1.00 bits per heavy atom. The van der Waals surface area contributed by atoms with E-state index in [2.05, 4.69) is 15.3 Å². The molecule has 4 aromatic rings. The maximum absolute atomic E-state index is 14.2. The van der Waals surface area contributed by atoms with Crippen molar-refractivity contribution in [1.29, 1.82) is 0 Å². The smallest absolute Gasteiger partial charge is 0.248 e. The first-order chi connectivity index (χ1) is 14.7. The van der Waals surface area contributed by atoms with Crippen molar-refractivity contribution >= 4 is 38.5 Å². The molecular formula is C21H16FN5O3S. The SMILES string of the molecule is NC(=O)c1ccc(-c2cc(F)cc3cnc(Nc4ccc(S(N)(=O)=O)cc4)nc23)cc1. The second-order valence-corrected chi connectivity index (χ2v) is 8.28. The van der Waals surface area contributed by atoms with Gasteiger partial charge in [-0.15, -0.1) is 0 Å². The third-order valence-electron chi connectivity index (χ3n) is 4.57. The van der Waals surface area contributed by atoms with Gasteiger partial charge in [0.05, 0.1) is 10.4 Å². The van der Waals surface area contributed by atoms with Crippen molar-refractivity contribution in [2.45, 2.75) is 4.90 Å². The lowest BCUT2D eigenvalue weighted by Gasteiger charge is -2.10. The van der Waals surface area contributed by atoms with Gasteiger partial charge in [-0.1, -0.05) is 12.1 Å². The number of anilines is 2. The molecule has 1 amide bonds. The number of nitrogens with two attached hydrogens (primary N) is 2. The number of hydrogen-bond donors (Lipinski definition) is 3. The topological polar surface area (TPSA) is 141 Å². The van der Waals surface area contributed by atoms with Crippen LogP contribution in [0.5, 0.6) is 0 Å². The van der Waals surface area contributed by atoms with Gasteiger partial charge in [0.15, 0.2) is 0 Å². The van der Waals surface area contributed by atoms with Gasteiger partial charge < -0.3 is 11.1 Å². The van der Waals surface area contributed by atoms with Crippen molar-refractivity contribution < 1.29 is 17.6 Å². The van der Waals surface area contributed by atoms with Crippen molar-refractivity contribution in [3.05, 3.63) is 78.2 Å². The summed E-state index contributed by atoms with van der Waals surface area (Å²) in [5.74, 6) is -0.778. The molecule has 10 heteroatoms. The monoisotopic (exact) mass is 437 g/mol. The van der Waals surface area contributed by atoms with Crippen LogP contribution in [-0.2, 0) is 10.0 Å². The minimum Gasteiger partial charge on any atom is -0.366 e. The number of primary sulfonamides is 1. The second-order valence-electron chi connectivity index (χ2n) is 6.72. The van der Waals surface area contributed by atoms with Crippen LogP contribution in [0.1, 0.15) is 10.4 Å². The Kier molecular flexibility index (Phi) is 5.09.